The summed E-state index contributed by atoms with van der Waals surface area (Å²) >= 11 is 2.22. The summed E-state index contributed by atoms with van der Waals surface area (Å²) in [4.78, 5) is 66.8. The van der Waals surface area contributed by atoms with E-state index in [2.05, 4.69) is 21.3 Å². The lowest BCUT2D eigenvalue weighted by Crippen LogP contribution is -2.30. The van der Waals surface area contributed by atoms with Crippen LogP contribution in [0.3, 0.4) is 0 Å². The smallest absolute Gasteiger partial charge is 0.341 e. The van der Waals surface area contributed by atoms with Gasteiger partial charge in [0.05, 0.1) is 22.8 Å². The lowest BCUT2D eigenvalue weighted by atomic mass is 10.1. The number of thiophene rings is 1. The van der Waals surface area contributed by atoms with Crippen molar-refractivity contribution >= 4 is 75.1 Å². The van der Waals surface area contributed by atoms with Gasteiger partial charge in [-0.1, -0.05) is 72.3 Å². The van der Waals surface area contributed by atoms with Crippen LogP contribution in [0.5, 0.6) is 0 Å². The van der Waals surface area contributed by atoms with Gasteiger partial charge in [0.15, 0.2) is 0 Å². The minimum absolute atomic E-state index is 0.0507. The second-order valence-electron chi connectivity index (χ2n) is 11.6. The summed E-state index contributed by atoms with van der Waals surface area (Å²) in [6.45, 7) is 5.27. The van der Waals surface area contributed by atoms with Crippen LogP contribution in [0.1, 0.15) is 54.0 Å². The maximum Gasteiger partial charge on any atom is 0.341 e. The molecule has 5 rings (SSSR count). The van der Waals surface area contributed by atoms with E-state index in [0.29, 0.717) is 27.4 Å². The van der Waals surface area contributed by atoms with Gasteiger partial charge in [0.25, 0.3) is 17.7 Å². The van der Waals surface area contributed by atoms with E-state index in [0.717, 1.165) is 22.5 Å². The third-order valence-electron chi connectivity index (χ3n) is 7.67. The number of ether oxygens (including phenoxy) is 1. The molecule has 4 N–H and O–H groups in total. The molecule has 1 aromatic heterocycles. The summed E-state index contributed by atoms with van der Waals surface area (Å²) in [6.07, 6.45) is 1.61. The van der Waals surface area contributed by atoms with Crippen molar-refractivity contribution in [1.29, 1.82) is 0 Å². The fourth-order valence-corrected chi connectivity index (χ4v) is 7.08. The first-order valence-corrected chi connectivity index (χ1v) is 17.8. The zero-order valence-electron chi connectivity index (χ0n) is 28.8. The Kier molecular flexibility index (Phi) is 12.4. The van der Waals surface area contributed by atoms with E-state index in [4.69, 9.17) is 4.74 Å². The molecule has 52 heavy (non-hydrogen) atoms. The van der Waals surface area contributed by atoms with Gasteiger partial charge in [0.1, 0.15) is 10.7 Å². The molecule has 0 aliphatic heterocycles. The minimum Gasteiger partial charge on any atom is -0.465 e. The number of carbonyl (C=O) groups excluding carboxylic acids is 5. The second-order valence-corrected chi connectivity index (χ2v) is 14.0. The predicted octanol–water partition coefficient (Wildman–Crippen LogP) is 7.93. The zero-order valence-corrected chi connectivity index (χ0v) is 30.4. The zero-order chi connectivity index (χ0) is 37.2. The first kappa shape index (κ1) is 37.3. The molecule has 0 saturated heterocycles. The molecular formula is C40H36N4O6S2. The topological polar surface area (TPSA) is 143 Å². The number of nitrogens with one attached hydrogen (secondary N) is 4. The summed E-state index contributed by atoms with van der Waals surface area (Å²) in [5.74, 6) is -2.47. The number of hydrogen-bond acceptors (Lipinski definition) is 8. The van der Waals surface area contributed by atoms with Crippen molar-refractivity contribution in [3.63, 3.8) is 0 Å². The molecule has 5 aromatic rings. The number of thioether (sulfide) groups is 1. The Hall–Kier alpha value is -5.98. The highest BCUT2D eigenvalue weighted by Crippen LogP contribution is 2.35. The van der Waals surface area contributed by atoms with Crippen LogP contribution in [0.2, 0.25) is 0 Å². The van der Waals surface area contributed by atoms with Crippen LogP contribution in [0.4, 0.5) is 16.4 Å². The standard InChI is InChI=1S/C40H36N4O6S2/c1-24-13-11-14-27(21-24)22-32(43-36(46)28-15-7-5-8-16-28)37(47)42-30-19-12-20-31(23-30)51-26(3)35(45)44-39-33(40(49)50-4)25(2)34(52-39)38(48)41-29-17-9-6-10-18-29/h5-23,26H,1-4H3,(H,41,48)(H,42,47)(H,43,46)(H,44,45)/b32-22+. The monoisotopic (exact) mass is 732 g/mol. The Labute approximate surface area is 309 Å². The number of rotatable bonds is 12. The largest absolute Gasteiger partial charge is 0.465 e. The van der Waals surface area contributed by atoms with Crippen molar-refractivity contribution in [2.24, 2.45) is 0 Å². The molecule has 0 radical (unpaired) electrons. The van der Waals surface area contributed by atoms with Gasteiger partial charge in [-0.2, -0.15) is 0 Å². The number of amides is 4. The highest BCUT2D eigenvalue weighted by molar-refractivity contribution is 8.00. The minimum atomic E-state index is -0.678. The number of hydrogen-bond donors (Lipinski definition) is 4. The van der Waals surface area contributed by atoms with Crippen LogP contribution in [0.25, 0.3) is 6.08 Å². The van der Waals surface area contributed by atoms with E-state index in [1.54, 1.807) is 98.8 Å². The van der Waals surface area contributed by atoms with Crippen LogP contribution in [0, 0.1) is 13.8 Å². The van der Waals surface area contributed by atoms with E-state index in [1.807, 2.05) is 37.3 Å². The molecule has 0 bridgehead atoms. The molecular weight excluding hydrogens is 697 g/mol. The Morgan fingerprint density at radius 1 is 0.750 bits per heavy atom. The normalized spacial score (nSPS) is 11.6. The predicted molar refractivity (Wildman–Crippen MR) is 207 cm³/mol. The van der Waals surface area contributed by atoms with Crippen LogP contribution in [0.15, 0.2) is 120 Å². The lowest BCUT2D eigenvalue weighted by Gasteiger charge is -2.14. The Bertz CT molecular complexity index is 2150. The van der Waals surface area contributed by atoms with Gasteiger partial charge in [0, 0.05) is 21.8 Å². The molecule has 0 aliphatic rings. The van der Waals surface area contributed by atoms with Crippen LogP contribution < -0.4 is 21.3 Å². The van der Waals surface area contributed by atoms with Crippen molar-refractivity contribution in [2.75, 3.05) is 23.1 Å². The number of aryl methyl sites for hydroxylation is 1. The fraction of sp³-hybridized carbons (Fsp3) is 0.125. The van der Waals surface area contributed by atoms with Crippen LogP contribution >= 0.6 is 23.1 Å². The molecule has 1 unspecified atom stereocenters. The van der Waals surface area contributed by atoms with E-state index in [-0.39, 0.29) is 21.1 Å². The van der Waals surface area contributed by atoms with Crippen LogP contribution in [-0.4, -0.2) is 42.0 Å². The maximum absolute atomic E-state index is 13.6. The molecule has 0 saturated carbocycles. The Morgan fingerprint density at radius 2 is 1.42 bits per heavy atom. The number of benzene rings is 4. The maximum atomic E-state index is 13.6. The molecule has 264 valence electrons. The number of carbonyl (C=O) groups is 5. The van der Waals surface area contributed by atoms with Gasteiger partial charge < -0.3 is 26.0 Å². The summed E-state index contributed by atoms with van der Waals surface area (Å²) < 4.78 is 4.97. The molecule has 0 aliphatic carbocycles. The number of anilines is 3. The second kappa shape index (κ2) is 17.3. The molecule has 0 spiro atoms. The molecule has 0 fully saturated rings. The SMILES string of the molecule is COC(=O)c1c(NC(=O)C(C)Sc2cccc(NC(=O)/C(=C\c3cccc(C)c3)NC(=O)c3ccccc3)c2)sc(C(=O)Nc2ccccc2)c1C. The Morgan fingerprint density at radius 3 is 2.12 bits per heavy atom. The first-order valence-electron chi connectivity index (χ1n) is 16.1. The Balaban J connectivity index is 1.30. The van der Waals surface area contributed by atoms with Gasteiger partial charge in [-0.05, 0) is 80.4 Å². The van der Waals surface area contributed by atoms with Crippen LogP contribution in [-0.2, 0) is 14.3 Å². The third kappa shape index (κ3) is 9.62. The molecule has 1 atom stereocenters. The number of para-hydroxylation sites is 1. The first-order chi connectivity index (χ1) is 25.0. The van der Waals surface area contributed by atoms with Gasteiger partial charge >= 0.3 is 5.97 Å². The third-order valence-corrected chi connectivity index (χ3v) is 9.97. The fourth-order valence-electron chi connectivity index (χ4n) is 5.06. The van der Waals surface area contributed by atoms with Gasteiger partial charge in [-0.25, -0.2) is 4.79 Å². The van der Waals surface area contributed by atoms with Gasteiger partial charge in [-0.15, -0.1) is 23.1 Å². The van der Waals surface area contributed by atoms with Crippen molar-refractivity contribution in [2.45, 2.75) is 30.9 Å². The molecule has 4 aromatic carbocycles. The summed E-state index contributed by atoms with van der Waals surface area (Å²) in [7, 11) is 1.23. The van der Waals surface area contributed by atoms with Crippen molar-refractivity contribution in [3.8, 4) is 0 Å². The molecule has 12 heteroatoms. The van der Waals surface area contributed by atoms with E-state index >= 15 is 0 Å². The van der Waals surface area contributed by atoms with Crippen molar-refractivity contribution < 1.29 is 28.7 Å². The molecule has 10 nitrogen and oxygen atoms in total. The summed E-state index contributed by atoms with van der Waals surface area (Å²) in [5, 5.41) is 10.8. The summed E-state index contributed by atoms with van der Waals surface area (Å²) in [5.41, 5.74) is 3.72. The van der Waals surface area contributed by atoms with E-state index < -0.39 is 34.8 Å². The average molecular weight is 733 g/mol. The summed E-state index contributed by atoms with van der Waals surface area (Å²) in [6, 6.07) is 32.0. The van der Waals surface area contributed by atoms with Gasteiger partial charge in [0.2, 0.25) is 5.91 Å². The quantitative estimate of drug-likeness (QED) is 0.0580. The molecule has 1 heterocycles. The number of esters is 1. The highest BCUT2D eigenvalue weighted by atomic mass is 32.2. The van der Waals surface area contributed by atoms with Crippen molar-refractivity contribution in [3.05, 3.63) is 148 Å². The highest BCUT2D eigenvalue weighted by Gasteiger charge is 2.28. The van der Waals surface area contributed by atoms with Gasteiger partial charge in [-0.3, -0.25) is 19.2 Å². The lowest BCUT2D eigenvalue weighted by molar-refractivity contribution is -0.115. The van der Waals surface area contributed by atoms with E-state index in [9.17, 15) is 24.0 Å². The number of methoxy groups -OCH3 is 1. The van der Waals surface area contributed by atoms with E-state index in [1.165, 1.54) is 18.9 Å². The molecule has 4 amide bonds. The van der Waals surface area contributed by atoms with Crippen molar-refractivity contribution in [1.82, 2.24) is 5.32 Å². The average Bonchev–Trinajstić information content (AvgIpc) is 3.46.